The largest absolute Gasteiger partial charge is 0.504 e. The Morgan fingerprint density at radius 1 is 1.20 bits per heavy atom. The summed E-state index contributed by atoms with van der Waals surface area (Å²) in [6.45, 7) is 1.20. The van der Waals surface area contributed by atoms with Crippen molar-refractivity contribution in [1.29, 1.82) is 0 Å². The smallest absolute Gasteiger partial charge is 0.231 e. The Balaban J connectivity index is 1.51. The fraction of sp³-hybridized carbons (Fsp3) is 0.478. The number of hydrogen-bond donors (Lipinski definition) is 3. The number of aliphatic hydroxyl groups is 1. The summed E-state index contributed by atoms with van der Waals surface area (Å²) >= 11 is 0. The van der Waals surface area contributed by atoms with Crippen LogP contribution in [0.4, 0.5) is 0 Å². The number of hydrogen-bond acceptors (Lipinski definition) is 6. The van der Waals surface area contributed by atoms with Gasteiger partial charge in [0.15, 0.2) is 23.0 Å². The number of aromatic hydroxyl groups is 1. The van der Waals surface area contributed by atoms with E-state index < -0.39 is 6.10 Å². The van der Waals surface area contributed by atoms with Crippen LogP contribution in [0, 0.1) is 0 Å². The number of ether oxygens (including phenoxy) is 4. The van der Waals surface area contributed by atoms with Crippen LogP contribution in [-0.4, -0.2) is 50.9 Å². The van der Waals surface area contributed by atoms with Gasteiger partial charge in [-0.2, -0.15) is 0 Å². The molecule has 0 spiro atoms. The molecular formula is C23H30NO6+. The number of aliphatic hydroxyl groups excluding tert-OH is 1. The third kappa shape index (κ3) is 3.87. The van der Waals surface area contributed by atoms with Crippen LogP contribution in [-0.2, 0) is 12.8 Å². The maximum atomic E-state index is 10.9. The molecule has 7 nitrogen and oxygen atoms in total. The monoisotopic (exact) mass is 416 g/mol. The lowest BCUT2D eigenvalue weighted by Crippen LogP contribution is -3.10. The number of nitrogens with one attached hydrogen (secondary N) is 1. The molecule has 2 aromatic rings. The molecular weight excluding hydrogens is 386 g/mol. The summed E-state index contributed by atoms with van der Waals surface area (Å²) in [7, 11) is 5.36. The minimum atomic E-state index is -0.467. The number of aryl methyl sites for hydroxylation is 1. The third-order valence-electron chi connectivity index (χ3n) is 6.20. The van der Waals surface area contributed by atoms with Gasteiger partial charge in [0.1, 0.15) is 6.04 Å². The first kappa shape index (κ1) is 20.6. The lowest BCUT2D eigenvalue weighted by molar-refractivity contribution is -0.915. The van der Waals surface area contributed by atoms with Crippen molar-refractivity contribution in [3.05, 3.63) is 41.0 Å². The summed E-state index contributed by atoms with van der Waals surface area (Å²) in [6.07, 6.45) is 2.43. The highest BCUT2D eigenvalue weighted by molar-refractivity contribution is 5.61. The van der Waals surface area contributed by atoms with Gasteiger partial charge in [0.2, 0.25) is 12.5 Å². The van der Waals surface area contributed by atoms with Gasteiger partial charge < -0.3 is 34.1 Å². The number of benzene rings is 2. The Kier molecular flexibility index (Phi) is 5.92. The Labute approximate surface area is 176 Å². The molecule has 2 aliphatic heterocycles. The summed E-state index contributed by atoms with van der Waals surface area (Å²) in [4.78, 5) is 1.35. The molecule has 3 N–H and O–H groups in total. The van der Waals surface area contributed by atoms with Gasteiger partial charge in [-0.1, -0.05) is 6.07 Å². The van der Waals surface area contributed by atoms with Crippen LogP contribution in [0.3, 0.4) is 0 Å². The Morgan fingerprint density at radius 3 is 2.80 bits per heavy atom. The van der Waals surface area contributed by atoms with Crippen molar-refractivity contribution in [2.75, 3.05) is 34.6 Å². The summed E-state index contributed by atoms with van der Waals surface area (Å²) in [6, 6.07) is 7.49. The summed E-state index contributed by atoms with van der Waals surface area (Å²) in [5, 5.41) is 20.6. The molecule has 2 heterocycles. The van der Waals surface area contributed by atoms with Crippen molar-refractivity contribution in [2.24, 2.45) is 0 Å². The van der Waals surface area contributed by atoms with E-state index in [1.807, 2.05) is 12.1 Å². The van der Waals surface area contributed by atoms with Crippen LogP contribution in [0.1, 0.15) is 35.6 Å². The van der Waals surface area contributed by atoms with E-state index in [9.17, 15) is 10.2 Å². The van der Waals surface area contributed by atoms with Crippen molar-refractivity contribution < 1.29 is 34.1 Å². The first-order valence-electron chi connectivity index (χ1n) is 10.4. The predicted molar refractivity (Wildman–Crippen MR) is 111 cm³/mol. The molecule has 0 amide bonds. The lowest BCUT2D eigenvalue weighted by Gasteiger charge is -2.34. The Hall–Kier alpha value is -2.64. The van der Waals surface area contributed by atoms with Gasteiger partial charge in [-0.05, 0) is 42.2 Å². The molecule has 4 rings (SSSR count). The van der Waals surface area contributed by atoms with E-state index in [1.165, 1.54) is 17.6 Å². The van der Waals surface area contributed by atoms with Gasteiger partial charge in [-0.3, -0.25) is 0 Å². The molecule has 0 aromatic heterocycles. The normalized spacial score (nSPS) is 20.5. The predicted octanol–water partition coefficient (Wildman–Crippen LogP) is 1.63. The molecule has 7 heteroatoms. The number of quaternary nitrogens is 1. The molecule has 0 fully saturated rings. The van der Waals surface area contributed by atoms with Crippen molar-refractivity contribution in [2.45, 2.75) is 37.8 Å². The maximum absolute atomic E-state index is 10.9. The number of phenolic OH excluding ortho intramolecular Hbond substituents is 1. The molecule has 3 atom stereocenters. The average molecular weight is 416 g/mol. The first-order chi connectivity index (χ1) is 14.5. The topological polar surface area (TPSA) is 81.8 Å². The van der Waals surface area contributed by atoms with E-state index in [0.29, 0.717) is 30.8 Å². The van der Waals surface area contributed by atoms with E-state index in [1.54, 1.807) is 13.2 Å². The molecule has 30 heavy (non-hydrogen) atoms. The van der Waals surface area contributed by atoms with Crippen molar-refractivity contribution in [3.8, 4) is 28.7 Å². The fourth-order valence-electron chi connectivity index (χ4n) is 4.54. The zero-order chi connectivity index (χ0) is 21.3. The van der Waals surface area contributed by atoms with E-state index >= 15 is 0 Å². The van der Waals surface area contributed by atoms with Crippen molar-refractivity contribution in [3.63, 3.8) is 0 Å². The Morgan fingerprint density at radius 2 is 2.03 bits per heavy atom. The van der Waals surface area contributed by atoms with Crippen LogP contribution < -0.4 is 23.8 Å². The van der Waals surface area contributed by atoms with Crippen molar-refractivity contribution >= 4 is 0 Å². The van der Waals surface area contributed by atoms with E-state index in [-0.39, 0.29) is 18.6 Å². The average Bonchev–Trinajstić information content (AvgIpc) is 3.22. The van der Waals surface area contributed by atoms with E-state index in [0.717, 1.165) is 35.6 Å². The lowest BCUT2D eigenvalue weighted by atomic mass is 9.87. The summed E-state index contributed by atoms with van der Waals surface area (Å²) in [5.41, 5.74) is 3.35. The SMILES string of the molecule is COc1cc(CC[C@@H](O)C[C@H]2c3c(cc4c(c3OC)OCO4)CC[NH+]2C)ccc1O. The quantitative estimate of drug-likeness (QED) is 0.637. The number of likely N-dealkylation sites (N-methyl/N-ethyl adjacent to an activating group) is 1. The van der Waals surface area contributed by atoms with Gasteiger partial charge in [0, 0.05) is 12.8 Å². The highest BCUT2D eigenvalue weighted by Gasteiger charge is 2.37. The molecule has 0 aliphatic carbocycles. The second-order valence-corrected chi connectivity index (χ2v) is 8.05. The Bertz CT molecular complexity index is 915. The molecule has 2 aliphatic rings. The summed E-state index contributed by atoms with van der Waals surface area (Å²) < 4.78 is 22.2. The molecule has 0 bridgehead atoms. The van der Waals surface area contributed by atoms with Gasteiger partial charge >= 0.3 is 0 Å². The molecule has 2 aromatic carbocycles. The first-order valence-corrected chi connectivity index (χ1v) is 10.4. The van der Waals surface area contributed by atoms with Crippen LogP contribution in [0.15, 0.2) is 24.3 Å². The molecule has 1 unspecified atom stereocenters. The minimum Gasteiger partial charge on any atom is -0.504 e. The zero-order valence-electron chi connectivity index (χ0n) is 17.7. The second-order valence-electron chi connectivity index (χ2n) is 8.05. The minimum absolute atomic E-state index is 0.113. The van der Waals surface area contributed by atoms with Crippen LogP contribution >= 0.6 is 0 Å². The van der Waals surface area contributed by atoms with Gasteiger partial charge in [0.25, 0.3) is 0 Å². The van der Waals surface area contributed by atoms with Gasteiger partial charge in [-0.25, -0.2) is 0 Å². The van der Waals surface area contributed by atoms with Gasteiger partial charge in [0.05, 0.1) is 39.5 Å². The number of phenols is 1. The highest BCUT2D eigenvalue weighted by atomic mass is 16.7. The van der Waals surface area contributed by atoms with Crippen LogP contribution in [0.2, 0.25) is 0 Å². The van der Waals surface area contributed by atoms with E-state index in [4.69, 9.17) is 18.9 Å². The van der Waals surface area contributed by atoms with Crippen LogP contribution in [0.5, 0.6) is 28.7 Å². The number of rotatable bonds is 7. The standard InChI is InChI=1S/C23H29NO6/c1-24-9-8-15-11-20-22(30-13-29-20)23(28-3)21(15)17(24)12-16(25)6-4-14-5-7-18(26)19(10-14)27-2/h5,7,10-11,16-17,25-26H,4,6,8-9,12-13H2,1-3H3/p+1/t16-,17+/m1/s1. The molecule has 162 valence electrons. The molecule has 0 saturated carbocycles. The molecule has 0 radical (unpaired) electrons. The zero-order valence-corrected chi connectivity index (χ0v) is 17.7. The number of fused-ring (bicyclic) bond motifs is 2. The highest BCUT2D eigenvalue weighted by Crippen LogP contribution is 2.48. The van der Waals surface area contributed by atoms with Crippen LogP contribution in [0.25, 0.3) is 0 Å². The van der Waals surface area contributed by atoms with E-state index in [2.05, 4.69) is 13.1 Å². The number of methoxy groups -OCH3 is 2. The second kappa shape index (κ2) is 8.62. The fourth-order valence-corrected chi connectivity index (χ4v) is 4.54. The molecule has 0 saturated heterocycles. The van der Waals surface area contributed by atoms with Crippen molar-refractivity contribution in [1.82, 2.24) is 0 Å². The third-order valence-corrected chi connectivity index (χ3v) is 6.20. The van der Waals surface area contributed by atoms with Gasteiger partial charge in [-0.15, -0.1) is 0 Å². The maximum Gasteiger partial charge on any atom is 0.231 e. The summed E-state index contributed by atoms with van der Waals surface area (Å²) in [5.74, 6) is 2.72.